The molecule has 0 aliphatic heterocycles. The minimum absolute atomic E-state index is 0.0225. The molecule has 0 radical (unpaired) electrons. The van der Waals surface area contributed by atoms with Crippen LogP contribution in [-0.2, 0) is 6.18 Å². The van der Waals surface area contributed by atoms with Gasteiger partial charge < -0.3 is 10.6 Å². The van der Waals surface area contributed by atoms with Gasteiger partial charge in [0.15, 0.2) is 0 Å². The first-order valence-electron chi connectivity index (χ1n) is 6.00. The molecule has 3 nitrogen and oxygen atoms in total. The number of hydrogen-bond donors (Lipinski definition) is 3. The summed E-state index contributed by atoms with van der Waals surface area (Å²) in [5, 5.41) is 4.87. The molecule has 2 N–H and O–H groups in total. The third kappa shape index (κ3) is 4.17. The smallest absolute Gasteiger partial charge is 0.308 e. The predicted molar refractivity (Wildman–Crippen MR) is 85.5 cm³/mol. The van der Waals surface area contributed by atoms with Crippen molar-refractivity contribution in [1.82, 2.24) is 0 Å². The number of alkyl halides is 3. The van der Waals surface area contributed by atoms with Gasteiger partial charge in [-0.2, -0.15) is 13.2 Å². The van der Waals surface area contributed by atoms with Crippen LogP contribution in [0.4, 0.5) is 29.3 Å². The lowest BCUT2D eigenvalue weighted by molar-refractivity contribution is -0.139. The normalized spacial score (nSPS) is 11.1. The Kier molecular flexibility index (Phi) is 5.02. The summed E-state index contributed by atoms with van der Waals surface area (Å²) in [6.07, 6.45) is -4.53. The van der Waals surface area contributed by atoms with Crippen LogP contribution in [0.2, 0.25) is 0 Å². The number of rotatable bonds is 2. The van der Waals surface area contributed by atoms with Gasteiger partial charge in [-0.1, -0.05) is 28.1 Å². The fraction of sp³-hybridized carbons (Fsp3) is 0.0714. The molecule has 0 fully saturated rings. The molecule has 2 rings (SSSR count). The predicted octanol–water partition coefficient (Wildman–Crippen LogP) is 5.40. The van der Waals surface area contributed by atoms with Gasteiger partial charge in [0.05, 0.1) is 11.3 Å². The number of thiol groups is 1. The standard InChI is InChI=1S/C14H10BrF3N2OS/c15-8-3-1-4-9(7-8)19-13(21)20-11-6-2-5-10(12(11)22)14(16,17)18/h1-7,22H,(H2,19,20,21). The van der Waals surface area contributed by atoms with E-state index in [0.29, 0.717) is 5.69 Å². The van der Waals surface area contributed by atoms with E-state index >= 15 is 0 Å². The summed E-state index contributed by atoms with van der Waals surface area (Å²) < 4.78 is 39.1. The molecule has 0 saturated carbocycles. The number of halogens is 4. The van der Waals surface area contributed by atoms with Gasteiger partial charge in [-0.25, -0.2) is 4.79 Å². The molecule has 2 amide bonds. The van der Waals surface area contributed by atoms with E-state index in [4.69, 9.17) is 0 Å². The Balaban J connectivity index is 2.15. The lowest BCUT2D eigenvalue weighted by Crippen LogP contribution is -2.20. The molecule has 8 heteroatoms. The quantitative estimate of drug-likeness (QED) is 0.590. The van der Waals surface area contributed by atoms with Crippen LogP contribution in [0, 0.1) is 0 Å². The Morgan fingerprint density at radius 1 is 1.09 bits per heavy atom. The van der Waals surface area contributed by atoms with E-state index in [1.807, 2.05) is 0 Å². The number of anilines is 2. The fourth-order valence-electron chi connectivity index (χ4n) is 1.72. The van der Waals surface area contributed by atoms with Crippen molar-refractivity contribution in [1.29, 1.82) is 0 Å². The van der Waals surface area contributed by atoms with Gasteiger partial charge in [0.1, 0.15) is 0 Å². The molecule has 22 heavy (non-hydrogen) atoms. The first kappa shape index (κ1) is 16.7. The van der Waals surface area contributed by atoms with E-state index in [9.17, 15) is 18.0 Å². The fourth-order valence-corrected chi connectivity index (χ4v) is 2.46. The van der Waals surface area contributed by atoms with Gasteiger partial charge >= 0.3 is 12.2 Å². The van der Waals surface area contributed by atoms with E-state index in [1.165, 1.54) is 12.1 Å². The zero-order valence-electron chi connectivity index (χ0n) is 10.9. The highest BCUT2D eigenvalue weighted by molar-refractivity contribution is 9.10. The second-order valence-corrected chi connectivity index (χ2v) is 5.65. The molecule has 0 aromatic heterocycles. The van der Waals surface area contributed by atoms with E-state index in [2.05, 4.69) is 39.2 Å². The number of nitrogens with one attached hydrogen (secondary N) is 2. The van der Waals surface area contributed by atoms with Crippen molar-refractivity contribution < 1.29 is 18.0 Å². The molecular formula is C14H10BrF3N2OS. The summed E-state index contributed by atoms with van der Waals surface area (Å²) in [5.74, 6) is 0. The Labute approximate surface area is 138 Å². The summed E-state index contributed by atoms with van der Waals surface area (Å²) >= 11 is 7.10. The number of hydrogen-bond acceptors (Lipinski definition) is 2. The van der Waals surface area contributed by atoms with E-state index < -0.39 is 17.8 Å². The zero-order chi connectivity index (χ0) is 16.3. The van der Waals surface area contributed by atoms with Crippen molar-refractivity contribution in [3.05, 3.63) is 52.5 Å². The van der Waals surface area contributed by atoms with Crippen molar-refractivity contribution in [2.45, 2.75) is 11.1 Å². The van der Waals surface area contributed by atoms with Gasteiger partial charge in [0.2, 0.25) is 0 Å². The molecule has 116 valence electrons. The van der Waals surface area contributed by atoms with Crippen LogP contribution in [0.15, 0.2) is 51.8 Å². The lowest BCUT2D eigenvalue weighted by atomic mass is 10.2. The van der Waals surface area contributed by atoms with Gasteiger partial charge in [-0.3, -0.25) is 0 Å². The lowest BCUT2D eigenvalue weighted by Gasteiger charge is -2.14. The molecule has 0 aliphatic carbocycles. The third-order valence-corrected chi connectivity index (χ3v) is 3.65. The molecule has 0 bridgehead atoms. The number of urea groups is 1. The van der Waals surface area contributed by atoms with Crippen molar-refractivity contribution in [3.63, 3.8) is 0 Å². The molecular weight excluding hydrogens is 381 g/mol. The first-order chi connectivity index (χ1) is 10.3. The largest absolute Gasteiger partial charge is 0.417 e. The van der Waals surface area contributed by atoms with Gasteiger partial charge in [-0.05, 0) is 30.3 Å². The van der Waals surface area contributed by atoms with Gasteiger partial charge in [-0.15, -0.1) is 12.6 Å². The molecule has 2 aromatic carbocycles. The van der Waals surface area contributed by atoms with Gasteiger partial charge in [0.25, 0.3) is 0 Å². The minimum atomic E-state index is -4.53. The van der Waals surface area contributed by atoms with E-state index in [0.717, 1.165) is 10.5 Å². The average Bonchev–Trinajstić information content (AvgIpc) is 2.39. The third-order valence-electron chi connectivity index (χ3n) is 2.67. The van der Waals surface area contributed by atoms with E-state index in [-0.39, 0.29) is 10.6 Å². The Morgan fingerprint density at radius 2 is 1.77 bits per heavy atom. The zero-order valence-corrected chi connectivity index (χ0v) is 13.4. The van der Waals surface area contributed by atoms with Crippen molar-refractivity contribution in [2.24, 2.45) is 0 Å². The summed E-state index contributed by atoms with van der Waals surface area (Å²) in [7, 11) is 0. The van der Waals surface area contributed by atoms with E-state index in [1.54, 1.807) is 24.3 Å². The van der Waals surface area contributed by atoms with Crippen LogP contribution in [0.3, 0.4) is 0 Å². The maximum atomic E-state index is 12.8. The van der Waals surface area contributed by atoms with Crippen molar-refractivity contribution in [2.75, 3.05) is 10.6 Å². The van der Waals surface area contributed by atoms with Crippen molar-refractivity contribution in [3.8, 4) is 0 Å². The van der Waals surface area contributed by atoms with Crippen LogP contribution >= 0.6 is 28.6 Å². The highest BCUT2D eigenvalue weighted by Crippen LogP contribution is 2.37. The highest BCUT2D eigenvalue weighted by atomic mass is 79.9. The van der Waals surface area contributed by atoms with Crippen LogP contribution in [0.25, 0.3) is 0 Å². The first-order valence-corrected chi connectivity index (χ1v) is 7.24. The van der Waals surface area contributed by atoms with Crippen LogP contribution in [0.5, 0.6) is 0 Å². The van der Waals surface area contributed by atoms with Crippen molar-refractivity contribution >= 4 is 46.0 Å². The number of carbonyl (C=O) groups is 1. The second kappa shape index (κ2) is 6.62. The summed E-state index contributed by atoms with van der Waals surface area (Å²) in [5.41, 5.74) is -0.429. The summed E-state index contributed by atoms with van der Waals surface area (Å²) in [4.78, 5) is 11.5. The summed E-state index contributed by atoms with van der Waals surface area (Å²) in [6.45, 7) is 0. The van der Waals surface area contributed by atoms with Crippen LogP contribution < -0.4 is 10.6 Å². The topological polar surface area (TPSA) is 41.1 Å². The Bertz CT molecular complexity index is 707. The molecule has 0 heterocycles. The Hall–Kier alpha value is -1.67. The molecule has 0 atom stereocenters. The molecule has 0 aliphatic rings. The summed E-state index contributed by atoms with van der Waals surface area (Å²) in [6, 6.07) is 9.60. The maximum absolute atomic E-state index is 12.8. The Morgan fingerprint density at radius 3 is 2.41 bits per heavy atom. The van der Waals surface area contributed by atoms with Crippen LogP contribution in [0.1, 0.15) is 5.56 Å². The molecule has 0 spiro atoms. The van der Waals surface area contributed by atoms with Crippen LogP contribution in [-0.4, -0.2) is 6.03 Å². The highest BCUT2D eigenvalue weighted by Gasteiger charge is 2.33. The number of amides is 2. The number of carbonyl (C=O) groups excluding carboxylic acids is 1. The molecule has 0 saturated heterocycles. The molecule has 0 unspecified atom stereocenters. The SMILES string of the molecule is O=C(Nc1cccc(Br)c1)Nc1cccc(C(F)(F)F)c1S. The molecule has 2 aromatic rings. The van der Waals surface area contributed by atoms with Gasteiger partial charge in [0, 0.05) is 15.1 Å². The second-order valence-electron chi connectivity index (χ2n) is 4.29. The maximum Gasteiger partial charge on any atom is 0.417 e. The monoisotopic (exact) mass is 390 g/mol. The number of benzene rings is 2. The average molecular weight is 391 g/mol. The minimum Gasteiger partial charge on any atom is -0.308 e.